The van der Waals surface area contributed by atoms with Gasteiger partial charge in [0.15, 0.2) is 11.5 Å². The number of anilines is 1. The van der Waals surface area contributed by atoms with Crippen molar-refractivity contribution in [2.24, 2.45) is 0 Å². The Morgan fingerprint density at radius 2 is 1.87 bits per heavy atom. The van der Waals surface area contributed by atoms with E-state index in [0.717, 1.165) is 38.5 Å². The lowest BCUT2D eigenvalue weighted by Gasteiger charge is -2.36. The Bertz CT molecular complexity index is 820. The average molecular weight is 413 g/mol. The molecule has 1 aromatic heterocycles. The SMILES string of the molecule is COc1cc(C(=O)NC(C)CN2CCN(c3ccccn3)CC2)ccc1OC(C)C. The Hall–Kier alpha value is -2.80. The van der Waals surface area contributed by atoms with Crippen LogP contribution in [-0.2, 0) is 0 Å². The summed E-state index contributed by atoms with van der Waals surface area (Å²) in [5.74, 6) is 2.12. The summed E-state index contributed by atoms with van der Waals surface area (Å²) in [6.45, 7) is 10.5. The number of nitrogens with one attached hydrogen (secondary N) is 1. The van der Waals surface area contributed by atoms with Gasteiger partial charge in [0.1, 0.15) is 5.82 Å². The number of aromatic nitrogens is 1. The number of methoxy groups -OCH3 is 1. The zero-order valence-electron chi connectivity index (χ0n) is 18.3. The Balaban J connectivity index is 1.50. The highest BCUT2D eigenvalue weighted by molar-refractivity contribution is 5.95. The highest BCUT2D eigenvalue weighted by atomic mass is 16.5. The molecule has 1 N–H and O–H groups in total. The third kappa shape index (κ3) is 5.86. The lowest BCUT2D eigenvalue weighted by molar-refractivity contribution is 0.0927. The minimum atomic E-state index is -0.107. The molecule has 3 rings (SSSR count). The van der Waals surface area contributed by atoms with E-state index in [1.165, 1.54) is 0 Å². The van der Waals surface area contributed by atoms with Gasteiger partial charge in [-0.25, -0.2) is 4.98 Å². The number of rotatable bonds is 8. The monoisotopic (exact) mass is 412 g/mol. The minimum absolute atomic E-state index is 0.0384. The molecule has 1 aromatic carbocycles. The van der Waals surface area contributed by atoms with E-state index < -0.39 is 0 Å². The van der Waals surface area contributed by atoms with Crippen molar-refractivity contribution in [1.29, 1.82) is 0 Å². The number of carbonyl (C=O) groups excluding carboxylic acids is 1. The van der Waals surface area contributed by atoms with E-state index in [1.807, 2.05) is 45.2 Å². The summed E-state index contributed by atoms with van der Waals surface area (Å²) in [6, 6.07) is 11.3. The van der Waals surface area contributed by atoms with Crippen LogP contribution >= 0.6 is 0 Å². The molecule has 1 aliphatic rings. The molecular formula is C23H32N4O3. The Morgan fingerprint density at radius 1 is 1.10 bits per heavy atom. The number of carbonyl (C=O) groups is 1. The van der Waals surface area contributed by atoms with Crippen LogP contribution in [0.4, 0.5) is 5.82 Å². The maximum absolute atomic E-state index is 12.7. The summed E-state index contributed by atoms with van der Waals surface area (Å²) in [6.07, 6.45) is 1.87. The molecule has 1 saturated heterocycles. The van der Waals surface area contributed by atoms with Gasteiger partial charge in [-0.05, 0) is 51.1 Å². The van der Waals surface area contributed by atoms with Crippen LogP contribution in [0.1, 0.15) is 31.1 Å². The van der Waals surface area contributed by atoms with E-state index in [2.05, 4.69) is 20.1 Å². The number of nitrogens with zero attached hydrogens (tertiary/aromatic N) is 3. The number of pyridine rings is 1. The second-order valence-electron chi connectivity index (χ2n) is 7.88. The fourth-order valence-corrected chi connectivity index (χ4v) is 3.60. The van der Waals surface area contributed by atoms with Gasteiger partial charge in [-0.1, -0.05) is 6.07 Å². The van der Waals surface area contributed by atoms with Gasteiger partial charge in [0.2, 0.25) is 0 Å². The van der Waals surface area contributed by atoms with E-state index >= 15 is 0 Å². The predicted molar refractivity (Wildman–Crippen MR) is 119 cm³/mol. The van der Waals surface area contributed by atoms with Crippen molar-refractivity contribution in [3.63, 3.8) is 0 Å². The maximum atomic E-state index is 12.7. The van der Waals surface area contributed by atoms with Gasteiger partial charge in [0, 0.05) is 50.5 Å². The quantitative estimate of drug-likeness (QED) is 0.719. The molecule has 7 nitrogen and oxygen atoms in total. The van der Waals surface area contributed by atoms with Gasteiger partial charge in [-0.15, -0.1) is 0 Å². The van der Waals surface area contributed by atoms with E-state index in [1.54, 1.807) is 25.3 Å². The first-order valence-corrected chi connectivity index (χ1v) is 10.5. The maximum Gasteiger partial charge on any atom is 0.251 e. The number of hydrogen-bond donors (Lipinski definition) is 1. The van der Waals surface area contributed by atoms with Crippen LogP contribution in [0.15, 0.2) is 42.6 Å². The molecule has 30 heavy (non-hydrogen) atoms. The third-order valence-electron chi connectivity index (χ3n) is 5.04. The van der Waals surface area contributed by atoms with Gasteiger partial charge in [-0.2, -0.15) is 0 Å². The van der Waals surface area contributed by atoms with Crippen LogP contribution in [0.25, 0.3) is 0 Å². The first kappa shape index (κ1) is 21.9. The second-order valence-corrected chi connectivity index (χ2v) is 7.88. The lowest BCUT2D eigenvalue weighted by atomic mass is 10.1. The fraction of sp³-hybridized carbons (Fsp3) is 0.478. The van der Waals surface area contributed by atoms with E-state index in [9.17, 15) is 4.79 Å². The molecule has 0 radical (unpaired) electrons. The first-order valence-electron chi connectivity index (χ1n) is 10.5. The lowest BCUT2D eigenvalue weighted by Crippen LogP contribution is -2.51. The Morgan fingerprint density at radius 3 is 2.50 bits per heavy atom. The van der Waals surface area contributed by atoms with Crippen molar-refractivity contribution in [1.82, 2.24) is 15.2 Å². The van der Waals surface area contributed by atoms with Crippen molar-refractivity contribution in [2.45, 2.75) is 32.9 Å². The molecule has 2 heterocycles. The highest BCUT2D eigenvalue weighted by Crippen LogP contribution is 2.29. The molecule has 162 valence electrons. The van der Waals surface area contributed by atoms with Gasteiger partial charge < -0.3 is 19.7 Å². The van der Waals surface area contributed by atoms with Gasteiger partial charge in [0.05, 0.1) is 13.2 Å². The molecule has 1 atom stereocenters. The zero-order valence-corrected chi connectivity index (χ0v) is 18.3. The highest BCUT2D eigenvalue weighted by Gasteiger charge is 2.20. The summed E-state index contributed by atoms with van der Waals surface area (Å²) in [5, 5.41) is 3.09. The van der Waals surface area contributed by atoms with Crippen LogP contribution in [0, 0.1) is 0 Å². The molecule has 0 aliphatic carbocycles. The molecule has 1 unspecified atom stereocenters. The van der Waals surface area contributed by atoms with Crippen molar-refractivity contribution in [3.05, 3.63) is 48.2 Å². The molecule has 7 heteroatoms. The van der Waals surface area contributed by atoms with Gasteiger partial charge >= 0.3 is 0 Å². The fourth-order valence-electron chi connectivity index (χ4n) is 3.60. The average Bonchev–Trinajstić information content (AvgIpc) is 2.74. The van der Waals surface area contributed by atoms with Crippen LogP contribution in [-0.4, -0.2) is 67.8 Å². The van der Waals surface area contributed by atoms with Crippen LogP contribution in [0.2, 0.25) is 0 Å². The van der Waals surface area contributed by atoms with Crippen LogP contribution < -0.4 is 19.7 Å². The Labute approximate surface area is 179 Å². The molecule has 1 amide bonds. The minimum Gasteiger partial charge on any atom is -0.493 e. The molecule has 0 spiro atoms. The third-order valence-corrected chi connectivity index (χ3v) is 5.04. The van der Waals surface area contributed by atoms with E-state index in [4.69, 9.17) is 9.47 Å². The number of benzene rings is 1. The predicted octanol–water partition coefficient (Wildman–Crippen LogP) is 2.82. The first-order chi connectivity index (χ1) is 14.5. The second kappa shape index (κ2) is 10.3. The van der Waals surface area contributed by atoms with E-state index in [0.29, 0.717) is 17.1 Å². The van der Waals surface area contributed by atoms with Crippen LogP contribution in [0.5, 0.6) is 11.5 Å². The largest absolute Gasteiger partial charge is 0.493 e. The number of ether oxygens (including phenoxy) is 2. The summed E-state index contributed by atoms with van der Waals surface area (Å²) in [7, 11) is 1.58. The van der Waals surface area contributed by atoms with Gasteiger partial charge in [-0.3, -0.25) is 9.69 Å². The molecule has 1 aliphatic heterocycles. The zero-order chi connectivity index (χ0) is 21.5. The normalized spacial score (nSPS) is 15.7. The topological polar surface area (TPSA) is 66.9 Å². The van der Waals surface area contributed by atoms with Gasteiger partial charge in [0.25, 0.3) is 5.91 Å². The molecular weight excluding hydrogens is 380 g/mol. The molecule has 2 aromatic rings. The summed E-state index contributed by atoms with van der Waals surface area (Å²) < 4.78 is 11.1. The smallest absolute Gasteiger partial charge is 0.251 e. The molecule has 0 bridgehead atoms. The summed E-state index contributed by atoms with van der Waals surface area (Å²) in [5.41, 5.74) is 0.565. The van der Waals surface area contributed by atoms with Crippen molar-refractivity contribution >= 4 is 11.7 Å². The van der Waals surface area contributed by atoms with E-state index in [-0.39, 0.29) is 18.1 Å². The standard InChI is InChI=1S/C23H32N4O3/c1-17(2)30-20-9-8-19(15-21(20)29-4)23(28)25-18(3)16-26-11-13-27(14-12-26)22-7-5-6-10-24-22/h5-10,15,17-18H,11-14,16H2,1-4H3,(H,25,28). The Kier molecular flexibility index (Phi) is 7.52. The number of amides is 1. The van der Waals surface area contributed by atoms with Crippen molar-refractivity contribution in [2.75, 3.05) is 44.7 Å². The summed E-state index contributed by atoms with van der Waals surface area (Å²) >= 11 is 0. The number of hydrogen-bond acceptors (Lipinski definition) is 6. The van der Waals surface area contributed by atoms with Crippen LogP contribution in [0.3, 0.4) is 0 Å². The summed E-state index contributed by atoms with van der Waals surface area (Å²) in [4.78, 5) is 21.8. The number of piperazine rings is 1. The van der Waals surface area contributed by atoms with Crippen molar-refractivity contribution in [3.8, 4) is 11.5 Å². The molecule has 1 fully saturated rings. The molecule has 0 saturated carbocycles. The van der Waals surface area contributed by atoms with Crippen molar-refractivity contribution < 1.29 is 14.3 Å².